The van der Waals surface area contributed by atoms with Crippen molar-refractivity contribution in [3.05, 3.63) is 54.6 Å². The third kappa shape index (κ3) is 2.66. The average molecular weight is 370 g/mol. The smallest absolute Gasteiger partial charge is 0.260 e. The minimum absolute atomic E-state index is 0. The number of guanidine groups is 1. The molecule has 0 unspecified atom stereocenters. The van der Waals surface area contributed by atoms with Crippen LogP contribution in [0.1, 0.15) is 10.4 Å². The fraction of sp³-hybridized carbons (Fsp3) is 0.0588. The summed E-state index contributed by atoms with van der Waals surface area (Å²) in [5.41, 5.74) is 7.35. The van der Waals surface area contributed by atoms with Crippen LogP contribution in [-0.2, 0) is 7.05 Å². The summed E-state index contributed by atoms with van der Waals surface area (Å²) < 4.78 is 3.77. The lowest BCUT2D eigenvalue weighted by atomic mass is 10.1. The van der Waals surface area contributed by atoms with E-state index >= 15 is 0 Å². The fourth-order valence-corrected chi connectivity index (χ4v) is 2.98. The van der Waals surface area contributed by atoms with Gasteiger partial charge in [-0.25, -0.2) is 9.97 Å². The summed E-state index contributed by atoms with van der Waals surface area (Å²) in [5, 5.41) is 11.2. The van der Waals surface area contributed by atoms with Crippen LogP contribution in [0.3, 0.4) is 0 Å². The predicted molar refractivity (Wildman–Crippen MR) is 102 cm³/mol. The topological polar surface area (TPSA) is 115 Å². The molecule has 4 rings (SSSR count). The van der Waals surface area contributed by atoms with Crippen molar-refractivity contribution in [2.75, 3.05) is 0 Å². The lowest BCUT2D eigenvalue weighted by Gasteiger charge is -2.05. The molecule has 4 aromatic rings. The van der Waals surface area contributed by atoms with Gasteiger partial charge in [0.15, 0.2) is 5.96 Å². The molecular formula is C17H16ClN7O. The Balaban J connectivity index is 0.00000196. The van der Waals surface area contributed by atoms with Crippen molar-refractivity contribution in [3.8, 4) is 5.82 Å². The Kier molecular flexibility index (Phi) is 4.35. The molecular weight excluding hydrogens is 354 g/mol. The third-order valence-electron chi connectivity index (χ3n) is 4.07. The normalized spacial score (nSPS) is 10.7. The van der Waals surface area contributed by atoms with Crippen molar-refractivity contribution >= 4 is 46.2 Å². The van der Waals surface area contributed by atoms with Crippen LogP contribution in [0.25, 0.3) is 27.8 Å². The number of nitrogens with zero attached hydrogens (tertiary/aromatic N) is 4. The van der Waals surface area contributed by atoms with Crippen molar-refractivity contribution in [1.29, 1.82) is 5.41 Å². The first kappa shape index (κ1) is 17.4. The van der Waals surface area contributed by atoms with Crippen LogP contribution < -0.4 is 11.1 Å². The van der Waals surface area contributed by atoms with Crippen LogP contribution in [0.5, 0.6) is 0 Å². The zero-order valence-corrected chi connectivity index (χ0v) is 14.6. The van der Waals surface area contributed by atoms with E-state index in [2.05, 4.69) is 15.3 Å². The molecule has 26 heavy (non-hydrogen) atoms. The second-order valence-corrected chi connectivity index (χ2v) is 5.66. The van der Waals surface area contributed by atoms with Crippen LogP contribution in [0.15, 0.2) is 49.1 Å². The third-order valence-corrected chi connectivity index (χ3v) is 4.07. The minimum Gasteiger partial charge on any atom is -0.370 e. The molecule has 0 aliphatic carbocycles. The van der Waals surface area contributed by atoms with Crippen LogP contribution >= 0.6 is 12.4 Å². The van der Waals surface area contributed by atoms with Gasteiger partial charge in [0.05, 0.1) is 16.5 Å². The number of hydrogen-bond donors (Lipinski definition) is 3. The number of para-hydroxylation sites is 1. The van der Waals surface area contributed by atoms with Gasteiger partial charge in [0.25, 0.3) is 5.91 Å². The van der Waals surface area contributed by atoms with Gasteiger partial charge in [0.1, 0.15) is 17.8 Å². The first-order valence-corrected chi connectivity index (χ1v) is 7.58. The lowest BCUT2D eigenvalue weighted by Crippen LogP contribution is -2.35. The Morgan fingerprint density at radius 2 is 1.96 bits per heavy atom. The second-order valence-electron chi connectivity index (χ2n) is 5.66. The van der Waals surface area contributed by atoms with Gasteiger partial charge in [-0.3, -0.25) is 20.1 Å². The highest BCUT2D eigenvalue weighted by molar-refractivity contribution is 6.12. The predicted octanol–water partition coefficient (Wildman–Crippen LogP) is 1.96. The van der Waals surface area contributed by atoms with E-state index < -0.39 is 11.9 Å². The summed E-state index contributed by atoms with van der Waals surface area (Å²) in [4.78, 5) is 21.1. The van der Waals surface area contributed by atoms with Gasteiger partial charge in [-0.2, -0.15) is 0 Å². The summed E-state index contributed by atoms with van der Waals surface area (Å²) in [5.74, 6) is -0.140. The van der Waals surface area contributed by atoms with E-state index in [0.717, 1.165) is 21.9 Å². The Morgan fingerprint density at radius 3 is 2.73 bits per heavy atom. The zero-order valence-electron chi connectivity index (χ0n) is 13.8. The van der Waals surface area contributed by atoms with Gasteiger partial charge in [0, 0.05) is 24.8 Å². The van der Waals surface area contributed by atoms with Crippen LogP contribution in [0, 0.1) is 5.41 Å². The molecule has 3 heterocycles. The van der Waals surface area contributed by atoms with Gasteiger partial charge < -0.3 is 10.3 Å². The number of benzene rings is 1. The number of rotatable bonds is 2. The average Bonchev–Trinajstić information content (AvgIpc) is 3.16. The molecule has 0 saturated heterocycles. The minimum atomic E-state index is -0.430. The van der Waals surface area contributed by atoms with E-state index in [9.17, 15) is 4.79 Å². The molecule has 0 radical (unpaired) electrons. The molecule has 0 spiro atoms. The number of nitrogens with two attached hydrogens (primary N) is 1. The Morgan fingerprint density at radius 1 is 1.19 bits per heavy atom. The summed E-state index contributed by atoms with van der Waals surface area (Å²) >= 11 is 0. The van der Waals surface area contributed by atoms with Gasteiger partial charge in [0.2, 0.25) is 0 Å². The zero-order chi connectivity index (χ0) is 17.6. The maximum Gasteiger partial charge on any atom is 0.260 e. The molecule has 0 aliphatic heterocycles. The fourth-order valence-electron chi connectivity index (χ4n) is 2.98. The van der Waals surface area contributed by atoms with E-state index in [1.165, 1.54) is 6.33 Å². The number of aryl methyl sites for hydroxylation is 1. The van der Waals surface area contributed by atoms with Crippen molar-refractivity contribution in [2.45, 2.75) is 0 Å². The number of amides is 1. The van der Waals surface area contributed by atoms with Crippen molar-refractivity contribution in [3.63, 3.8) is 0 Å². The Hall–Kier alpha value is -3.39. The number of fused-ring (bicyclic) bond motifs is 2. The number of aromatic nitrogens is 4. The molecule has 1 aromatic carbocycles. The van der Waals surface area contributed by atoms with Crippen LogP contribution in [0.2, 0.25) is 0 Å². The standard InChI is InChI=1S/C17H15N7O.ClH/c1-23-7-6-11-14(23)20-9-21-15(11)24-8-12(16(25)22-17(18)19)10-4-2-3-5-13(10)24;/h2-9H,1H3,(H4,18,19,22,25);1H. The molecule has 3 aromatic heterocycles. The lowest BCUT2D eigenvalue weighted by molar-refractivity contribution is 0.0978. The summed E-state index contributed by atoms with van der Waals surface area (Å²) in [7, 11) is 1.92. The molecule has 8 nitrogen and oxygen atoms in total. The monoisotopic (exact) mass is 369 g/mol. The van der Waals surface area contributed by atoms with Crippen molar-refractivity contribution in [2.24, 2.45) is 12.8 Å². The molecule has 4 N–H and O–H groups in total. The number of hydrogen-bond acceptors (Lipinski definition) is 4. The summed E-state index contributed by atoms with van der Waals surface area (Å²) in [6, 6.07) is 9.46. The van der Waals surface area contributed by atoms with E-state index in [1.54, 1.807) is 6.20 Å². The highest BCUT2D eigenvalue weighted by Crippen LogP contribution is 2.27. The molecule has 9 heteroatoms. The number of nitrogens with one attached hydrogen (secondary N) is 2. The molecule has 0 bridgehead atoms. The number of halogens is 1. The second kappa shape index (κ2) is 6.49. The highest BCUT2D eigenvalue weighted by atomic mass is 35.5. The van der Waals surface area contributed by atoms with E-state index in [4.69, 9.17) is 11.1 Å². The number of carbonyl (C=O) groups excluding carboxylic acids is 1. The Labute approximate surface area is 154 Å². The van der Waals surface area contributed by atoms with E-state index in [1.807, 2.05) is 52.7 Å². The van der Waals surface area contributed by atoms with E-state index in [-0.39, 0.29) is 12.4 Å². The molecule has 132 valence electrons. The summed E-state index contributed by atoms with van der Waals surface area (Å²) in [6.07, 6.45) is 5.12. The first-order valence-electron chi connectivity index (χ1n) is 7.58. The van der Waals surface area contributed by atoms with Crippen molar-refractivity contribution in [1.82, 2.24) is 24.4 Å². The van der Waals surface area contributed by atoms with Gasteiger partial charge in [-0.05, 0) is 12.1 Å². The molecule has 0 fully saturated rings. The van der Waals surface area contributed by atoms with Gasteiger partial charge in [-0.1, -0.05) is 18.2 Å². The van der Waals surface area contributed by atoms with Gasteiger partial charge in [-0.15, -0.1) is 12.4 Å². The van der Waals surface area contributed by atoms with Crippen molar-refractivity contribution < 1.29 is 4.79 Å². The Bertz CT molecular complexity index is 1140. The molecule has 0 atom stereocenters. The summed E-state index contributed by atoms with van der Waals surface area (Å²) in [6.45, 7) is 0. The first-order chi connectivity index (χ1) is 12.1. The van der Waals surface area contributed by atoms with Gasteiger partial charge >= 0.3 is 0 Å². The molecule has 0 saturated carbocycles. The number of carbonyl (C=O) groups is 1. The van der Waals surface area contributed by atoms with Crippen LogP contribution in [0.4, 0.5) is 0 Å². The van der Waals surface area contributed by atoms with Crippen LogP contribution in [-0.4, -0.2) is 31.0 Å². The molecule has 1 amide bonds. The van der Waals surface area contributed by atoms with E-state index in [0.29, 0.717) is 11.4 Å². The SMILES string of the molecule is Cl.Cn1ccc2c(-n3cc(C(=O)NC(=N)N)c4ccccc43)ncnc21. The maximum absolute atomic E-state index is 12.4. The molecule has 0 aliphatic rings. The highest BCUT2D eigenvalue weighted by Gasteiger charge is 2.18. The largest absolute Gasteiger partial charge is 0.370 e. The maximum atomic E-state index is 12.4. The quantitative estimate of drug-likeness (QED) is 0.370.